The third-order valence-electron chi connectivity index (χ3n) is 4.59. The summed E-state index contributed by atoms with van der Waals surface area (Å²) in [5.74, 6) is 2.38. The standard InChI is InChI=1S/C23H29N5O2/c1-18(30-22-11-9-21(29-3)10-12-22)17-26-23(24-2)25-15-13-19-5-7-20(8-6-19)28-16-4-14-27-28/h4-12,14,16,18H,13,15,17H2,1-3H3,(H2,24,25,26). The predicted octanol–water partition coefficient (Wildman–Crippen LogP) is 3.06. The highest BCUT2D eigenvalue weighted by Crippen LogP contribution is 2.18. The van der Waals surface area contributed by atoms with E-state index < -0.39 is 0 Å². The second-order valence-electron chi connectivity index (χ2n) is 6.85. The van der Waals surface area contributed by atoms with Crippen molar-refractivity contribution in [3.63, 3.8) is 0 Å². The molecular formula is C23H29N5O2. The Labute approximate surface area is 177 Å². The van der Waals surface area contributed by atoms with E-state index in [1.165, 1.54) is 5.56 Å². The van der Waals surface area contributed by atoms with E-state index in [1.54, 1.807) is 20.4 Å². The minimum absolute atomic E-state index is 0.00761. The van der Waals surface area contributed by atoms with Crippen LogP contribution in [-0.4, -0.2) is 49.1 Å². The largest absolute Gasteiger partial charge is 0.497 e. The smallest absolute Gasteiger partial charge is 0.191 e. The van der Waals surface area contributed by atoms with Crippen LogP contribution >= 0.6 is 0 Å². The molecule has 0 aliphatic heterocycles. The molecule has 3 rings (SSSR count). The third-order valence-corrected chi connectivity index (χ3v) is 4.59. The number of guanidine groups is 1. The Balaban J connectivity index is 1.39. The highest BCUT2D eigenvalue weighted by atomic mass is 16.5. The van der Waals surface area contributed by atoms with Crippen molar-refractivity contribution in [1.29, 1.82) is 0 Å². The van der Waals surface area contributed by atoms with Crippen LogP contribution in [-0.2, 0) is 6.42 Å². The second kappa shape index (κ2) is 10.9. The lowest BCUT2D eigenvalue weighted by molar-refractivity contribution is 0.223. The summed E-state index contributed by atoms with van der Waals surface area (Å²) in [7, 11) is 3.42. The Hall–Kier alpha value is -3.48. The van der Waals surface area contributed by atoms with Crippen molar-refractivity contribution in [3.8, 4) is 17.2 Å². The number of benzene rings is 2. The summed E-state index contributed by atoms with van der Waals surface area (Å²) in [6.45, 7) is 3.45. The molecule has 1 atom stereocenters. The molecule has 0 spiro atoms. The van der Waals surface area contributed by atoms with Gasteiger partial charge in [-0.05, 0) is 61.4 Å². The van der Waals surface area contributed by atoms with Gasteiger partial charge in [-0.2, -0.15) is 5.10 Å². The van der Waals surface area contributed by atoms with Gasteiger partial charge in [0, 0.05) is 26.0 Å². The van der Waals surface area contributed by atoms with Crippen molar-refractivity contribution in [2.45, 2.75) is 19.4 Å². The van der Waals surface area contributed by atoms with Crippen LogP contribution in [0.5, 0.6) is 11.5 Å². The van der Waals surface area contributed by atoms with E-state index >= 15 is 0 Å². The van der Waals surface area contributed by atoms with Gasteiger partial charge in [-0.25, -0.2) is 4.68 Å². The van der Waals surface area contributed by atoms with Gasteiger partial charge in [-0.1, -0.05) is 12.1 Å². The number of rotatable bonds is 9. The lowest BCUT2D eigenvalue weighted by Crippen LogP contribution is -2.42. The van der Waals surface area contributed by atoms with Crippen molar-refractivity contribution in [3.05, 3.63) is 72.6 Å². The number of methoxy groups -OCH3 is 1. The first-order chi connectivity index (χ1) is 14.7. The van der Waals surface area contributed by atoms with Gasteiger partial charge in [-0.15, -0.1) is 0 Å². The molecule has 0 fully saturated rings. The van der Waals surface area contributed by atoms with Crippen molar-refractivity contribution >= 4 is 5.96 Å². The number of nitrogens with zero attached hydrogens (tertiary/aromatic N) is 3. The summed E-state index contributed by atoms with van der Waals surface area (Å²) < 4.78 is 12.9. The van der Waals surface area contributed by atoms with Gasteiger partial charge in [-0.3, -0.25) is 4.99 Å². The number of hydrogen-bond donors (Lipinski definition) is 2. The van der Waals surface area contributed by atoms with Gasteiger partial charge in [0.05, 0.1) is 19.3 Å². The van der Waals surface area contributed by atoms with E-state index in [1.807, 2.05) is 48.1 Å². The number of aromatic nitrogens is 2. The predicted molar refractivity (Wildman–Crippen MR) is 120 cm³/mol. The molecule has 0 saturated carbocycles. The molecule has 2 N–H and O–H groups in total. The average Bonchev–Trinajstić information content (AvgIpc) is 3.32. The van der Waals surface area contributed by atoms with E-state index in [0.717, 1.165) is 36.1 Å². The number of aliphatic imine (C=N–C) groups is 1. The van der Waals surface area contributed by atoms with E-state index in [9.17, 15) is 0 Å². The zero-order valence-electron chi connectivity index (χ0n) is 17.7. The monoisotopic (exact) mass is 407 g/mol. The molecule has 158 valence electrons. The molecule has 0 aliphatic rings. The van der Waals surface area contributed by atoms with E-state index in [4.69, 9.17) is 9.47 Å². The Bertz CT molecular complexity index is 906. The van der Waals surface area contributed by atoms with Crippen molar-refractivity contribution in [2.24, 2.45) is 4.99 Å². The molecule has 1 aromatic heterocycles. The molecule has 0 radical (unpaired) electrons. The summed E-state index contributed by atoms with van der Waals surface area (Å²) in [6, 6.07) is 17.9. The van der Waals surface area contributed by atoms with Crippen LogP contribution in [0.3, 0.4) is 0 Å². The maximum absolute atomic E-state index is 5.92. The van der Waals surface area contributed by atoms with Gasteiger partial charge in [0.15, 0.2) is 5.96 Å². The normalized spacial score (nSPS) is 12.3. The second-order valence-corrected chi connectivity index (χ2v) is 6.85. The Morgan fingerprint density at radius 3 is 2.43 bits per heavy atom. The van der Waals surface area contributed by atoms with Crippen LogP contribution in [0.25, 0.3) is 5.69 Å². The van der Waals surface area contributed by atoms with Gasteiger partial charge >= 0.3 is 0 Å². The number of hydrogen-bond acceptors (Lipinski definition) is 4. The van der Waals surface area contributed by atoms with E-state index in [0.29, 0.717) is 6.54 Å². The molecule has 1 unspecified atom stereocenters. The molecule has 0 aliphatic carbocycles. The highest BCUT2D eigenvalue weighted by Gasteiger charge is 2.06. The lowest BCUT2D eigenvalue weighted by atomic mass is 10.1. The molecule has 3 aromatic rings. The summed E-state index contributed by atoms with van der Waals surface area (Å²) in [6.07, 6.45) is 4.61. The van der Waals surface area contributed by atoms with Gasteiger partial charge in [0.1, 0.15) is 17.6 Å². The Morgan fingerprint density at radius 2 is 1.80 bits per heavy atom. The average molecular weight is 408 g/mol. The van der Waals surface area contributed by atoms with Gasteiger partial charge in [0.2, 0.25) is 0 Å². The van der Waals surface area contributed by atoms with Crippen LogP contribution in [0.1, 0.15) is 12.5 Å². The van der Waals surface area contributed by atoms with Crippen molar-refractivity contribution in [1.82, 2.24) is 20.4 Å². The summed E-state index contributed by atoms with van der Waals surface area (Å²) in [4.78, 5) is 4.28. The first kappa shape index (κ1) is 21.2. The molecule has 0 saturated heterocycles. The lowest BCUT2D eigenvalue weighted by Gasteiger charge is -2.18. The Morgan fingerprint density at radius 1 is 1.07 bits per heavy atom. The zero-order valence-corrected chi connectivity index (χ0v) is 17.7. The maximum atomic E-state index is 5.92. The van der Waals surface area contributed by atoms with Crippen LogP contribution in [0, 0.1) is 0 Å². The zero-order chi connectivity index (χ0) is 21.2. The molecular weight excluding hydrogens is 378 g/mol. The molecule has 0 bridgehead atoms. The topological polar surface area (TPSA) is 72.7 Å². The van der Waals surface area contributed by atoms with Crippen LogP contribution in [0.15, 0.2) is 72.0 Å². The Kier molecular flexibility index (Phi) is 7.71. The number of nitrogens with one attached hydrogen (secondary N) is 2. The summed E-state index contributed by atoms with van der Waals surface area (Å²) in [5, 5.41) is 10.9. The van der Waals surface area contributed by atoms with Crippen LogP contribution in [0.2, 0.25) is 0 Å². The SMILES string of the molecule is CN=C(NCCc1ccc(-n2cccn2)cc1)NCC(C)Oc1ccc(OC)cc1. The van der Waals surface area contributed by atoms with E-state index in [-0.39, 0.29) is 6.10 Å². The highest BCUT2D eigenvalue weighted by molar-refractivity contribution is 5.79. The van der Waals surface area contributed by atoms with Crippen molar-refractivity contribution < 1.29 is 9.47 Å². The molecule has 1 heterocycles. The maximum Gasteiger partial charge on any atom is 0.191 e. The van der Waals surface area contributed by atoms with E-state index in [2.05, 4.69) is 45.0 Å². The summed E-state index contributed by atoms with van der Waals surface area (Å²) >= 11 is 0. The molecule has 0 amide bonds. The number of ether oxygens (including phenoxy) is 2. The fourth-order valence-electron chi connectivity index (χ4n) is 2.95. The molecule has 7 nitrogen and oxygen atoms in total. The first-order valence-electron chi connectivity index (χ1n) is 10.0. The quantitative estimate of drug-likeness (QED) is 0.421. The third kappa shape index (κ3) is 6.27. The minimum Gasteiger partial charge on any atom is -0.497 e. The molecule has 2 aromatic carbocycles. The first-order valence-corrected chi connectivity index (χ1v) is 10.0. The fourth-order valence-corrected chi connectivity index (χ4v) is 2.95. The molecule has 7 heteroatoms. The molecule has 30 heavy (non-hydrogen) atoms. The van der Waals surface area contributed by atoms with Gasteiger partial charge < -0.3 is 20.1 Å². The van der Waals surface area contributed by atoms with Gasteiger partial charge in [0.25, 0.3) is 0 Å². The van der Waals surface area contributed by atoms with Crippen molar-refractivity contribution in [2.75, 3.05) is 27.2 Å². The summed E-state index contributed by atoms with van der Waals surface area (Å²) in [5.41, 5.74) is 2.31. The fraction of sp³-hybridized carbons (Fsp3) is 0.304. The van der Waals surface area contributed by atoms with Crippen LogP contribution < -0.4 is 20.1 Å². The van der Waals surface area contributed by atoms with Crippen LogP contribution in [0.4, 0.5) is 0 Å². The minimum atomic E-state index is -0.00761.